The Labute approximate surface area is 196 Å². The van der Waals surface area contributed by atoms with E-state index in [1.807, 2.05) is 13.8 Å². The minimum absolute atomic E-state index is 0.0769. The molecular formula is C23H36FN3O5S. The van der Waals surface area contributed by atoms with Crippen LogP contribution in [0, 0.1) is 11.7 Å². The second-order valence-corrected chi connectivity index (χ2v) is 10.8. The minimum atomic E-state index is -3.61. The zero-order valence-corrected chi connectivity index (χ0v) is 20.8. The van der Waals surface area contributed by atoms with Crippen LogP contribution in [0.15, 0.2) is 24.3 Å². The maximum absolute atomic E-state index is 13.8. The van der Waals surface area contributed by atoms with Gasteiger partial charge in [-0.1, -0.05) is 26.0 Å². The van der Waals surface area contributed by atoms with E-state index in [4.69, 9.17) is 4.74 Å². The van der Waals surface area contributed by atoms with Gasteiger partial charge in [0.1, 0.15) is 5.82 Å². The number of halogens is 1. The van der Waals surface area contributed by atoms with Crippen LogP contribution in [0.4, 0.5) is 4.39 Å². The number of carbonyl (C=O) groups is 2. The Bertz CT molecular complexity index is 901. The van der Waals surface area contributed by atoms with Crippen LogP contribution in [-0.4, -0.2) is 86.0 Å². The Hall–Kier alpha value is -2.04. The molecular weight excluding hydrogens is 449 g/mol. The highest BCUT2D eigenvalue weighted by molar-refractivity contribution is 7.89. The molecule has 0 radical (unpaired) electrons. The summed E-state index contributed by atoms with van der Waals surface area (Å²) in [7, 11) is -2.13. The summed E-state index contributed by atoms with van der Waals surface area (Å²) in [6.07, 6.45) is 1.16. The van der Waals surface area contributed by atoms with E-state index < -0.39 is 15.8 Å². The van der Waals surface area contributed by atoms with Gasteiger partial charge >= 0.3 is 0 Å². The molecule has 1 aliphatic rings. The molecule has 1 aromatic carbocycles. The van der Waals surface area contributed by atoms with Crippen molar-refractivity contribution < 1.29 is 27.1 Å². The van der Waals surface area contributed by atoms with Crippen LogP contribution < -0.4 is 0 Å². The first-order valence-electron chi connectivity index (χ1n) is 11.4. The van der Waals surface area contributed by atoms with Crippen LogP contribution in [0.25, 0.3) is 0 Å². The highest BCUT2D eigenvalue weighted by Gasteiger charge is 2.32. The summed E-state index contributed by atoms with van der Waals surface area (Å²) < 4.78 is 45.0. The van der Waals surface area contributed by atoms with E-state index in [9.17, 15) is 22.4 Å². The van der Waals surface area contributed by atoms with Gasteiger partial charge in [0.05, 0.1) is 18.9 Å². The standard InChI is InChI=1S/C23H36FN3O5S/c1-5-33(30,31)26(13-14-32-4)17-22(28)27(16-19-7-6-8-20(24)15-19)21-9-11-25(12-10-21)23(29)18(2)3/h6-8,15,18,21H,5,9-14,16-17H2,1-4H3. The first-order chi connectivity index (χ1) is 15.6. The Kier molecular flexibility index (Phi) is 10.2. The van der Waals surface area contributed by atoms with E-state index in [0.29, 0.717) is 31.5 Å². The van der Waals surface area contributed by atoms with E-state index in [1.54, 1.807) is 21.9 Å². The molecule has 0 atom stereocenters. The highest BCUT2D eigenvalue weighted by atomic mass is 32.2. The molecule has 0 aliphatic carbocycles. The van der Waals surface area contributed by atoms with E-state index in [0.717, 1.165) is 4.31 Å². The topological polar surface area (TPSA) is 87.2 Å². The van der Waals surface area contributed by atoms with E-state index in [1.165, 1.54) is 26.2 Å². The minimum Gasteiger partial charge on any atom is -0.383 e. The van der Waals surface area contributed by atoms with E-state index in [2.05, 4.69) is 0 Å². The monoisotopic (exact) mass is 485 g/mol. The summed E-state index contributed by atoms with van der Waals surface area (Å²) in [5.74, 6) is -0.881. The predicted octanol–water partition coefficient (Wildman–Crippen LogP) is 2.10. The lowest BCUT2D eigenvalue weighted by Crippen LogP contribution is -2.52. The van der Waals surface area contributed by atoms with Gasteiger partial charge in [-0.15, -0.1) is 0 Å². The molecule has 186 valence electrons. The molecule has 0 unspecified atom stereocenters. The lowest BCUT2D eigenvalue weighted by molar-refractivity contribution is -0.139. The maximum Gasteiger partial charge on any atom is 0.238 e. The molecule has 10 heteroatoms. The number of methoxy groups -OCH3 is 1. The van der Waals surface area contributed by atoms with Crippen molar-refractivity contribution in [3.8, 4) is 0 Å². The fraction of sp³-hybridized carbons (Fsp3) is 0.652. The number of rotatable bonds is 11. The number of ether oxygens (including phenoxy) is 1. The second-order valence-electron chi connectivity index (χ2n) is 8.59. The molecule has 1 fully saturated rings. The summed E-state index contributed by atoms with van der Waals surface area (Å²) in [6.45, 7) is 6.41. The molecule has 33 heavy (non-hydrogen) atoms. The van der Waals surface area contributed by atoms with Crippen LogP contribution in [0.3, 0.4) is 0 Å². The van der Waals surface area contributed by atoms with Crippen molar-refractivity contribution in [2.75, 3.05) is 45.6 Å². The van der Waals surface area contributed by atoms with Gasteiger partial charge in [-0.2, -0.15) is 4.31 Å². The second kappa shape index (κ2) is 12.4. The average molecular weight is 486 g/mol. The zero-order valence-electron chi connectivity index (χ0n) is 20.0. The van der Waals surface area contributed by atoms with Crippen LogP contribution >= 0.6 is 0 Å². The van der Waals surface area contributed by atoms with Crippen molar-refractivity contribution in [1.82, 2.24) is 14.1 Å². The number of amides is 2. The smallest absolute Gasteiger partial charge is 0.238 e. The molecule has 8 nitrogen and oxygen atoms in total. The molecule has 1 saturated heterocycles. The number of carbonyl (C=O) groups excluding carboxylic acids is 2. The van der Waals surface area contributed by atoms with Gasteiger partial charge in [-0.05, 0) is 37.5 Å². The Balaban J connectivity index is 2.23. The first-order valence-corrected chi connectivity index (χ1v) is 13.0. The highest BCUT2D eigenvalue weighted by Crippen LogP contribution is 2.22. The molecule has 2 rings (SSSR count). The lowest BCUT2D eigenvalue weighted by Gasteiger charge is -2.40. The average Bonchev–Trinajstić information content (AvgIpc) is 2.79. The van der Waals surface area contributed by atoms with Gasteiger partial charge in [-0.3, -0.25) is 9.59 Å². The fourth-order valence-electron chi connectivity index (χ4n) is 3.95. The van der Waals surface area contributed by atoms with Crippen molar-refractivity contribution in [1.29, 1.82) is 0 Å². The van der Waals surface area contributed by atoms with E-state index >= 15 is 0 Å². The normalized spacial score (nSPS) is 15.3. The largest absolute Gasteiger partial charge is 0.383 e. The van der Waals surface area contributed by atoms with Crippen LogP contribution in [0.1, 0.15) is 39.2 Å². The number of nitrogens with zero attached hydrogens (tertiary/aromatic N) is 3. The summed E-state index contributed by atoms with van der Waals surface area (Å²) in [6, 6.07) is 5.87. The molecule has 0 spiro atoms. The van der Waals surface area contributed by atoms with Gasteiger partial charge in [0.15, 0.2) is 0 Å². The van der Waals surface area contributed by atoms with Gasteiger partial charge in [-0.25, -0.2) is 12.8 Å². The Morgan fingerprint density at radius 3 is 2.45 bits per heavy atom. The summed E-state index contributed by atoms with van der Waals surface area (Å²) in [4.78, 5) is 29.2. The van der Waals surface area contributed by atoms with Crippen molar-refractivity contribution in [2.45, 2.75) is 46.2 Å². The van der Waals surface area contributed by atoms with Crippen molar-refractivity contribution in [3.63, 3.8) is 0 Å². The molecule has 1 aromatic rings. The third-order valence-corrected chi connectivity index (χ3v) is 7.72. The molecule has 0 aromatic heterocycles. The number of hydrogen-bond acceptors (Lipinski definition) is 5. The van der Waals surface area contributed by atoms with E-state index in [-0.39, 0.29) is 55.8 Å². The maximum atomic E-state index is 13.8. The van der Waals surface area contributed by atoms with Gasteiger partial charge in [0.2, 0.25) is 21.8 Å². The Morgan fingerprint density at radius 1 is 1.24 bits per heavy atom. The van der Waals surface area contributed by atoms with Crippen molar-refractivity contribution in [2.24, 2.45) is 5.92 Å². The number of benzene rings is 1. The molecule has 0 bridgehead atoms. The number of piperidine rings is 1. The molecule has 0 N–H and O–H groups in total. The molecule has 2 amide bonds. The van der Waals surface area contributed by atoms with Crippen molar-refractivity contribution >= 4 is 21.8 Å². The van der Waals surface area contributed by atoms with Crippen molar-refractivity contribution in [3.05, 3.63) is 35.6 Å². The van der Waals surface area contributed by atoms with Crippen LogP contribution in [0.5, 0.6) is 0 Å². The summed E-state index contributed by atoms with van der Waals surface area (Å²) in [5.41, 5.74) is 0.630. The number of hydrogen-bond donors (Lipinski definition) is 0. The van der Waals surface area contributed by atoms with Gasteiger partial charge in [0, 0.05) is 45.2 Å². The molecule has 1 aliphatic heterocycles. The summed E-state index contributed by atoms with van der Waals surface area (Å²) >= 11 is 0. The molecule has 0 saturated carbocycles. The number of sulfonamides is 1. The Morgan fingerprint density at radius 2 is 1.91 bits per heavy atom. The van der Waals surface area contributed by atoms with Gasteiger partial charge in [0.25, 0.3) is 0 Å². The molecule has 1 heterocycles. The van der Waals surface area contributed by atoms with Gasteiger partial charge < -0.3 is 14.5 Å². The SMILES string of the molecule is CCS(=O)(=O)N(CCOC)CC(=O)N(Cc1cccc(F)c1)C1CCN(C(=O)C(C)C)CC1. The predicted molar refractivity (Wildman–Crippen MR) is 124 cm³/mol. The fourth-order valence-corrected chi connectivity index (χ4v) is 4.97. The van der Waals surface area contributed by atoms with Crippen LogP contribution in [-0.2, 0) is 30.9 Å². The first kappa shape index (κ1) is 27.2. The lowest BCUT2D eigenvalue weighted by atomic mass is 10.0. The third kappa shape index (κ3) is 7.75. The summed E-state index contributed by atoms with van der Waals surface area (Å²) in [5, 5.41) is 0. The number of likely N-dealkylation sites (tertiary alicyclic amines) is 1. The third-order valence-electron chi connectivity index (χ3n) is 5.89. The van der Waals surface area contributed by atoms with Crippen LogP contribution in [0.2, 0.25) is 0 Å². The quantitative estimate of drug-likeness (QED) is 0.479. The zero-order chi connectivity index (χ0) is 24.6.